The van der Waals surface area contributed by atoms with Crippen molar-refractivity contribution in [2.75, 3.05) is 25.1 Å². The highest BCUT2D eigenvalue weighted by Crippen LogP contribution is 2.35. The van der Waals surface area contributed by atoms with Crippen LogP contribution in [0.3, 0.4) is 0 Å². The van der Waals surface area contributed by atoms with E-state index in [9.17, 15) is 13.2 Å². The summed E-state index contributed by atoms with van der Waals surface area (Å²) in [6.07, 6.45) is 1.43. The molecule has 1 amide bonds. The van der Waals surface area contributed by atoms with E-state index in [0.29, 0.717) is 32.8 Å². The van der Waals surface area contributed by atoms with Gasteiger partial charge in [-0.3, -0.25) is 9.10 Å². The first-order valence-corrected chi connectivity index (χ1v) is 12.4. The summed E-state index contributed by atoms with van der Waals surface area (Å²) in [5.41, 5.74) is 4.16. The predicted molar refractivity (Wildman–Crippen MR) is 135 cm³/mol. The van der Waals surface area contributed by atoms with Gasteiger partial charge in [-0.1, -0.05) is 36.4 Å². The van der Waals surface area contributed by atoms with Crippen molar-refractivity contribution in [1.29, 1.82) is 0 Å². The van der Waals surface area contributed by atoms with Crippen LogP contribution in [0.25, 0.3) is 0 Å². The minimum Gasteiger partial charge on any atom is -0.493 e. The summed E-state index contributed by atoms with van der Waals surface area (Å²) in [6.45, 7) is 1.34. The minimum atomic E-state index is -3.99. The molecule has 1 N–H and O–H groups in total. The van der Waals surface area contributed by atoms with Crippen molar-refractivity contribution in [1.82, 2.24) is 5.43 Å². The second-order valence-electron chi connectivity index (χ2n) is 7.14. The number of methoxy groups -OCH3 is 2. The Hall–Kier alpha value is -3.37. The van der Waals surface area contributed by atoms with Crippen LogP contribution in [0.5, 0.6) is 11.5 Å². The van der Waals surface area contributed by atoms with Crippen LogP contribution in [-0.4, -0.2) is 41.3 Å². The zero-order valence-electron chi connectivity index (χ0n) is 18.9. The SMILES string of the molecule is COc1cc(/C=N\NC(=O)CN(c2ccccc2C)S(=O)(=O)c2ccccc2)cc(Br)c1OC. The molecule has 0 heterocycles. The first-order valence-electron chi connectivity index (χ1n) is 10.1. The Bertz CT molecular complexity index is 1300. The van der Waals surface area contributed by atoms with E-state index in [0.717, 1.165) is 4.31 Å². The molecule has 178 valence electrons. The van der Waals surface area contributed by atoms with Gasteiger partial charge in [-0.05, 0) is 64.3 Å². The fourth-order valence-corrected chi connectivity index (χ4v) is 5.35. The molecule has 0 fully saturated rings. The first kappa shape index (κ1) is 25.3. The number of sulfonamides is 1. The third kappa shape index (κ3) is 5.75. The molecule has 0 aliphatic rings. The molecule has 3 aromatic carbocycles. The van der Waals surface area contributed by atoms with Gasteiger partial charge >= 0.3 is 0 Å². The molecule has 0 aliphatic carbocycles. The fraction of sp³-hybridized carbons (Fsp3) is 0.167. The summed E-state index contributed by atoms with van der Waals surface area (Å²) in [6, 6.07) is 18.4. The number of nitrogens with zero attached hydrogens (tertiary/aromatic N) is 2. The van der Waals surface area contributed by atoms with Gasteiger partial charge in [-0.25, -0.2) is 13.8 Å². The average molecular weight is 546 g/mol. The molecule has 0 aliphatic heterocycles. The summed E-state index contributed by atoms with van der Waals surface area (Å²) in [5, 5.41) is 3.97. The third-order valence-electron chi connectivity index (χ3n) is 4.86. The number of rotatable bonds is 9. The zero-order valence-corrected chi connectivity index (χ0v) is 21.3. The Morgan fingerprint density at radius 2 is 1.74 bits per heavy atom. The van der Waals surface area contributed by atoms with Gasteiger partial charge in [0.05, 0.1) is 35.5 Å². The summed E-state index contributed by atoms with van der Waals surface area (Å²) < 4.78 is 39.0. The molecule has 0 atom stereocenters. The molecule has 0 unspecified atom stereocenters. The van der Waals surface area contributed by atoms with Crippen molar-refractivity contribution < 1.29 is 22.7 Å². The third-order valence-corrected chi connectivity index (χ3v) is 7.22. The monoisotopic (exact) mass is 545 g/mol. The zero-order chi connectivity index (χ0) is 24.7. The van der Waals surface area contributed by atoms with Gasteiger partial charge in [0.1, 0.15) is 6.54 Å². The maximum atomic E-state index is 13.4. The minimum absolute atomic E-state index is 0.0877. The van der Waals surface area contributed by atoms with Gasteiger partial charge in [0.25, 0.3) is 15.9 Å². The number of ether oxygens (including phenoxy) is 2. The summed E-state index contributed by atoms with van der Waals surface area (Å²) >= 11 is 3.40. The lowest BCUT2D eigenvalue weighted by molar-refractivity contribution is -0.119. The number of halogens is 1. The van der Waals surface area contributed by atoms with E-state index in [1.165, 1.54) is 32.6 Å². The quantitative estimate of drug-likeness (QED) is 0.322. The summed E-state index contributed by atoms with van der Waals surface area (Å²) in [4.78, 5) is 12.8. The number of hydrogen-bond donors (Lipinski definition) is 1. The van der Waals surface area contributed by atoms with Gasteiger partial charge in [0, 0.05) is 0 Å². The van der Waals surface area contributed by atoms with Gasteiger partial charge in [-0.2, -0.15) is 5.10 Å². The summed E-state index contributed by atoms with van der Waals surface area (Å²) in [5.74, 6) is 0.423. The van der Waals surface area contributed by atoms with Crippen LogP contribution in [0.1, 0.15) is 11.1 Å². The van der Waals surface area contributed by atoms with Crippen LogP contribution in [0.2, 0.25) is 0 Å². The largest absolute Gasteiger partial charge is 0.493 e. The Kier molecular flexibility index (Phi) is 8.30. The van der Waals surface area contributed by atoms with Gasteiger partial charge < -0.3 is 9.47 Å². The molecule has 0 saturated carbocycles. The molecule has 3 rings (SSSR count). The van der Waals surface area contributed by atoms with Crippen molar-refractivity contribution in [3.63, 3.8) is 0 Å². The lowest BCUT2D eigenvalue weighted by atomic mass is 10.2. The topological polar surface area (TPSA) is 97.3 Å². The van der Waals surface area contributed by atoms with Gasteiger partial charge in [0.15, 0.2) is 11.5 Å². The lowest BCUT2D eigenvalue weighted by Crippen LogP contribution is -2.40. The lowest BCUT2D eigenvalue weighted by Gasteiger charge is -2.25. The molecular formula is C24H24BrN3O5S. The molecule has 0 aromatic heterocycles. The van der Waals surface area contributed by atoms with Crippen LogP contribution in [-0.2, 0) is 14.8 Å². The van der Waals surface area contributed by atoms with Crippen LogP contribution in [0.4, 0.5) is 5.69 Å². The Morgan fingerprint density at radius 1 is 1.06 bits per heavy atom. The predicted octanol–water partition coefficient (Wildman–Crippen LogP) is 4.12. The molecule has 0 radical (unpaired) electrons. The second kappa shape index (κ2) is 11.2. The molecular weight excluding hydrogens is 522 g/mol. The Labute approximate surface area is 207 Å². The van der Waals surface area contributed by atoms with Crippen LogP contribution in [0.15, 0.2) is 81.2 Å². The number of aryl methyl sites for hydroxylation is 1. The van der Waals surface area contributed by atoms with E-state index in [2.05, 4.69) is 26.5 Å². The normalized spacial score (nSPS) is 11.3. The van der Waals surface area contributed by atoms with Gasteiger partial charge in [-0.15, -0.1) is 0 Å². The van der Waals surface area contributed by atoms with Crippen molar-refractivity contribution in [3.05, 3.63) is 82.3 Å². The number of carbonyl (C=O) groups excluding carboxylic acids is 1. The molecule has 3 aromatic rings. The van der Waals surface area contributed by atoms with Crippen molar-refractivity contribution in [2.24, 2.45) is 5.10 Å². The number of hydrogen-bond acceptors (Lipinski definition) is 6. The van der Waals surface area contributed by atoms with Gasteiger partial charge in [0.2, 0.25) is 0 Å². The van der Waals surface area contributed by atoms with Crippen molar-refractivity contribution in [2.45, 2.75) is 11.8 Å². The highest BCUT2D eigenvalue weighted by Gasteiger charge is 2.28. The molecule has 0 saturated heterocycles. The van der Waals surface area contributed by atoms with Crippen LogP contribution >= 0.6 is 15.9 Å². The number of carbonyl (C=O) groups is 1. The molecule has 0 bridgehead atoms. The molecule has 8 nitrogen and oxygen atoms in total. The van der Waals surface area contributed by atoms with E-state index in [-0.39, 0.29) is 4.90 Å². The van der Waals surface area contributed by atoms with E-state index in [1.54, 1.807) is 61.5 Å². The second-order valence-corrected chi connectivity index (χ2v) is 9.86. The van der Waals surface area contributed by atoms with Crippen LogP contribution in [0, 0.1) is 6.92 Å². The maximum Gasteiger partial charge on any atom is 0.264 e. The molecule has 0 spiro atoms. The van der Waals surface area contributed by atoms with Crippen molar-refractivity contribution >= 4 is 43.8 Å². The number of anilines is 1. The first-order chi connectivity index (χ1) is 16.3. The number of amides is 1. The average Bonchev–Trinajstić information content (AvgIpc) is 2.83. The fourth-order valence-electron chi connectivity index (χ4n) is 3.22. The van der Waals surface area contributed by atoms with E-state index >= 15 is 0 Å². The number of hydrazone groups is 1. The molecule has 34 heavy (non-hydrogen) atoms. The highest BCUT2D eigenvalue weighted by atomic mass is 79.9. The summed E-state index contributed by atoms with van der Waals surface area (Å²) in [7, 11) is -0.945. The van der Waals surface area contributed by atoms with E-state index in [4.69, 9.17) is 9.47 Å². The number of benzene rings is 3. The Morgan fingerprint density at radius 3 is 2.38 bits per heavy atom. The maximum absolute atomic E-state index is 13.4. The van der Waals surface area contributed by atoms with E-state index in [1.807, 2.05) is 0 Å². The molecule has 10 heteroatoms. The van der Waals surface area contributed by atoms with E-state index < -0.39 is 22.5 Å². The Balaban J connectivity index is 1.83. The number of para-hydroxylation sites is 1. The smallest absolute Gasteiger partial charge is 0.264 e. The standard InChI is InChI=1S/C24H24BrN3O5S/c1-17-9-7-8-12-21(17)28(34(30,31)19-10-5-4-6-11-19)16-23(29)27-26-15-18-13-20(25)24(33-3)22(14-18)32-2/h4-15H,16H2,1-3H3,(H,27,29)/b26-15-. The highest BCUT2D eigenvalue weighted by molar-refractivity contribution is 9.10. The number of nitrogens with one attached hydrogen (secondary N) is 1. The van der Waals surface area contributed by atoms with Crippen LogP contribution < -0.4 is 19.2 Å². The van der Waals surface area contributed by atoms with Crippen molar-refractivity contribution in [3.8, 4) is 11.5 Å².